The molecular weight excluding hydrogens is 410 g/mol. The first-order chi connectivity index (χ1) is 13.5. The summed E-state index contributed by atoms with van der Waals surface area (Å²) < 4.78 is 14.4. The van der Waals surface area contributed by atoms with Crippen molar-refractivity contribution in [3.05, 3.63) is 31.5 Å². The number of rotatable bonds is 13. The molecule has 0 aromatic carbocycles. The standard InChI is InChI=1S/C18H37N3O6Si2/c1-26-28(3,4)14-8-11-20-16(23)19(10-7-13-22)17(24)21(18(20)25)12-9-15-29(5,6)27-2/h22H,7-15H2,1-6H3. The summed E-state index contributed by atoms with van der Waals surface area (Å²) in [7, 11) is -0.241. The Balaban J connectivity index is 3.21. The van der Waals surface area contributed by atoms with Gasteiger partial charge in [0, 0.05) is 40.5 Å². The predicted molar refractivity (Wildman–Crippen MR) is 119 cm³/mol. The summed E-state index contributed by atoms with van der Waals surface area (Å²) >= 11 is 0. The lowest BCUT2D eigenvalue weighted by atomic mass is 10.4. The molecule has 0 aliphatic rings. The normalized spacial score (nSPS) is 12.5. The van der Waals surface area contributed by atoms with Crippen LogP contribution in [0.25, 0.3) is 0 Å². The SMILES string of the molecule is CO[Si](C)(C)CCCn1c(=O)n(CCCO)c(=O)n(CCC[Si](C)(C)OC)c1=O. The van der Waals surface area contributed by atoms with Crippen molar-refractivity contribution < 1.29 is 14.0 Å². The minimum absolute atomic E-state index is 0.0884. The van der Waals surface area contributed by atoms with Gasteiger partial charge in [0.25, 0.3) is 0 Å². The monoisotopic (exact) mass is 447 g/mol. The van der Waals surface area contributed by atoms with Crippen molar-refractivity contribution >= 4 is 16.6 Å². The van der Waals surface area contributed by atoms with Crippen LogP contribution in [0.4, 0.5) is 0 Å². The maximum atomic E-state index is 12.9. The third kappa shape index (κ3) is 7.48. The van der Waals surface area contributed by atoms with E-state index in [0.29, 0.717) is 12.8 Å². The molecule has 29 heavy (non-hydrogen) atoms. The van der Waals surface area contributed by atoms with Gasteiger partial charge in [-0.3, -0.25) is 0 Å². The van der Waals surface area contributed by atoms with Crippen molar-refractivity contribution in [2.24, 2.45) is 0 Å². The first-order valence-electron chi connectivity index (χ1n) is 10.2. The Morgan fingerprint density at radius 1 is 0.690 bits per heavy atom. The van der Waals surface area contributed by atoms with E-state index < -0.39 is 33.7 Å². The number of aromatic nitrogens is 3. The van der Waals surface area contributed by atoms with Gasteiger partial charge in [0.2, 0.25) is 0 Å². The molecule has 1 aromatic heterocycles. The molecule has 0 unspecified atom stereocenters. The summed E-state index contributed by atoms with van der Waals surface area (Å²) in [6.45, 7) is 8.77. The fourth-order valence-electron chi connectivity index (χ4n) is 3.02. The molecule has 0 atom stereocenters. The Morgan fingerprint density at radius 3 is 1.28 bits per heavy atom. The van der Waals surface area contributed by atoms with Crippen LogP contribution in [0, 0.1) is 0 Å². The summed E-state index contributed by atoms with van der Waals surface area (Å²) in [4.78, 5) is 38.5. The second-order valence-electron chi connectivity index (χ2n) is 8.51. The van der Waals surface area contributed by atoms with Crippen LogP contribution < -0.4 is 17.1 Å². The largest absolute Gasteiger partial charge is 0.420 e. The number of nitrogens with zero attached hydrogens (tertiary/aromatic N) is 3. The van der Waals surface area contributed by atoms with Gasteiger partial charge in [-0.05, 0) is 57.5 Å². The van der Waals surface area contributed by atoms with Crippen LogP contribution in [0.15, 0.2) is 14.4 Å². The van der Waals surface area contributed by atoms with E-state index in [1.807, 2.05) is 0 Å². The van der Waals surface area contributed by atoms with E-state index in [1.54, 1.807) is 14.2 Å². The molecule has 0 saturated carbocycles. The van der Waals surface area contributed by atoms with Gasteiger partial charge < -0.3 is 14.0 Å². The predicted octanol–water partition coefficient (Wildman–Crippen LogP) is 1.04. The van der Waals surface area contributed by atoms with Crippen molar-refractivity contribution in [2.45, 2.75) is 77.2 Å². The highest BCUT2D eigenvalue weighted by Gasteiger charge is 2.23. The third-order valence-corrected chi connectivity index (χ3v) is 10.7. The lowest BCUT2D eigenvalue weighted by Gasteiger charge is -2.21. The molecule has 0 bridgehead atoms. The van der Waals surface area contributed by atoms with Gasteiger partial charge in [0.1, 0.15) is 0 Å². The summed E-state index contributed by atoms with van der Waals surface area (Å²) in [5, 5.41) is 9.11. The van der Waals surface area contributed by atoms with E-state index in [1.165, 1.54) is 0 Å². The molecule has 0 amide bonds. The van der Waals surface area contributed by atoms with Gasteiger partial charge in [-0.15, -0.1) is 0 Å². The first kappa shape index (κ1) is 25.8. The Labute approximate surface area is 174 Å². The van der Waals surface area contributed by atoms with Gasteiger partial charge in [0.05, 0.1) is 0 Å². The lowest BCUT2D eigenvalue weighted by molar-refractivity contribution is 0.274. The van der Waals surface area contributed by atoms with Crippen molar-refractivity contribution in [3.8, 4) is 0 Å². The van der Waals surface area contributed by atoms with Crippen molar-refractivity contribution in [1.29, 1.82) is 0 Å². The van der Waals surface area contributed by atoms with E-state index in [4.69, 9.17) is 14.0 Å². The third-order valence-electron chi connectivity index (χ3n) is 5.35. The fourth-order valence-corrected chi connectivity index (χ4v) is 5.44. The van der Waals surface area contributed by atoms with Gasteiger partial charge in [0.15, 0.2) is 16.6 Å². The summed E-state index contributed by atoms with van der Waals surface area (Å²) in [5.74, 6) is 0. The zero-order chi connectivity index (χ0) is 22.2. The molecule has 1 N–H and O–H groups in total. The van der Waals surface area contributed by atoms with Gasteiger partial charge in [-0.25, -0.2) is 28.1 Å². The summed E-state index contributed by atoms with van der Waals surface area (Å²) in [6.07, 6.45) is 1.54. The van der Waals surface area contributed by atoms with Crippen LogP contribution in [0.5, 0.6) is 0 Å². The van der Waals surface area contributed by atoms with E-state index in [0.717, 1.165) is 25.8 Å². The van der Waals surface area contributed by atoms with Gasteiger partial charge in [-0.2, -0.15) is 0 Å². The molecule has 0 radical (unpaired) electrons. The van der Waals surface area contributed by atoms with Crippen LogP contribution in [-0.4, -0.2) is 56.3 Å². The zero-order valence-electron chi connectivity index (χ0n) is 18.7. The fraction of sp³-hybridized carbons (Fsp3) is 0.833. The molecule has 1 aromatic rings. The second kappa shape index (κ2) is 11.2. The maximum Gasteiger partial charge on any atom is 0.336 e. The Bertz CT molecular complexity index is 768. The molecule has 1 rings (SSSR count). The molecule has 0 aliphatic carbocycles. The molecule has 1 heterocycles. The van der Waals surface area contributed by atoms with Crippen LogP contribution in [0.3, 0.4) is 0 Å². The average Bonchev–Trinajstić information content (AvgIpc) is 2.67. The lowest BCUT2D eigenvalue weighted by Crippen LogP contribution is -2.54. The van der Waals surface area contributed by atoms with Crippen molar-refractivity contribution in [1.82, 2.24) is 13.7 Å². The molecule has 0 fully saturated rings. The highest BCUT2D eigenvalue weighted by Crippen LogP contribution is 2.13. The average molecular weight is 448 g/mol. The Morgan fingerprint density at radius 2 is 1.00 bits per heavy atom. The molecule has 0 spiro atoms. The smallest absolute Gasteiger partial charge is 0.336 e. The quantitative estimate of drug-likeness (QED) is 0.453. The minimum atomic E-state index is -1.81. The van der Waals surface area contributed by atoms with Crippen molar-refractivity contribution in [3.63, 3.8) is 0 Å². The van der Waals surface area contributed by atoms with Gasteiger partial charge >= 0.3 is 17.1 Å². The second-order valence-corrected chi connectivity index (χ2v) is 17.4. The minimum Gasteiger partial charge on any atom is -0.420 e. The van der Waals surface area contributed by atoms with Gasteiger partial charge in [-0.1, -0.05) is 0 Å². The molecule has 11 heteroatoms. The van der Waals surface area contributed by atoms with E-state index in [9.17, 15) is 14.4 Å². The maximum absolute atomic E-state index is 12.9. The van der Waals surface area contributed by atoms with E-state index >= 15 is 0 Å². The zero-order valence-corrected chi connectivity index (χ0v) is 20.7. The van der Waals surface area contributed by atoms with E-state index in [2.05, 4.69) is 26.2 Å². The van der Waals surface area contributed by atoms with Crippen molar-refractivity contribution in [2.75, 3.05) is 20.8 Å². The topological polar surface area (TPSA) is 105 Å². The Hall–Kier alpha value is -1.28. The van der Waals surface area contributed by atoms with Crippen LogP contribution in [0.2, 0.25) is 38.3 Å². The molecule has 0 aliphatic heterocycles. The number of aliphatic hydroxyl groups excluding tert-OH is 1. The molecule has 168 valence electrons. The summed E-state index contributed by atoms with van der Waals surface area (Å²) in [6, 6.07) is 1.61. The number of hydrogen-bond donors (Lipinski definition) is 1. The highest BCUT2D eigenvalue weighted by atomic mass is 28.4. The first-order valence-corrected chi connectivity index (χ1v) is 16.4. The van der Waals surface area contributed by atoms with E-state index in [-0.39, 0.29) is 32.7 Å². The molecular formula is C18H37N3O6Si2. The van der Waals surface area contributed by atoms with Crippen LogP contribution in [0.1, 0.15) is 19.3 Å². The summed E-state index contributed by atoms with van der Waals surface area (Å²) in [5.41, 5.74) is -1.77. The molecule has 0 saturated heterocycles. The van der Waals surface area contributed by atoms with Crippen LogP contribution in [-0.2, 0) is 28.5 Å². The number of aliphatic hydroxyl groups is 1. The number of hydrogen-bond acceptors (Lipinski definition) is 6. The molecule has 9 nitrogen and oxygen atoms in total. The van der Waals surface area contributed by atoms with Crippen LogP contribution >= 0.6 is 0 Å². The highest BCUT2D eigenvalue weighted by molar-refractivity contribution is 6.71. The Kier molecular flexibility index (Phi) is 9.95.